The molecule has 6 heteroatoms. The molecule has 1 aromatic rings. The number of aliphatic hydroxyl groups is 1. The third kappa shape index (κ3) is 4.11. The maximum atomic E-state index is 12.0. The van der Waals surface area contributed by atoms with E-state index in [2.05, 4.69) is 4.74 Å². The van der Waals surface area contributed by atoms with Gasteiger partial charge in [-0.25, -0.2) is 0 Å². The van der Waals surface area contributed by atoms with E-state index in [9.17, 15) is 18.3 Å². The highest BCUT2D eigenvalue weighted by atomic mass is 19.4. The molecule has 0 aliphatic heterocycles. The number of hydrogen-bond donors (Lipinski definition) is 2. The van der Waals surface area contributed by atoms with Crippen molar-refractivity contribution in [3.05, 3.63) is 29.8 Å². The van der Waals surface area contributed by atoms with E-state index in [1.165, 1.54) is 24.3 Å². The molecule has 0 aliphatic rings. The molecule has 2 atom stereocenters. The minimum Gasteiger partial charge on any atom is -0.406 e. The van der Waals surface area contributed by atoms with E-state index in [-0.39, 0.29) is 12.3 Å². The Morgan fingerprint density at radius 3 is 2.16 bits per heavy atom. The topological polar surface area (TPSA) is 55.5 Å². The number of ether oxygens (including phenoxy) is 1. The van der Waals surface area contributed by atoms with Crippen molar-refractivity contribution in [1.82, 2.24) is 0 Å². The maximum Gasteiger partial charge on any atom is 0.573 e. The minimum atomic E-state index is -4.71. The Labute approximate surface area is 110 Å². The van der Waals surface area contributed by atoms with Gasteiger partial charge in [0.1, 0.15) is 5.75 Å². The summed E-state index contributed by atoms with van der Waals surface area (Å²) in [5.74, 6) is -0.311. The monoisotopic (exact) mass is 277 g/mol. The Bertz CT molecular complexity index is 399. The van der Waals surface area contributed by atoms with Gasteiger partial charge in [-0.1, -0.05) is 26.0 Å². The van der Waals surface area contributed by atoms with E-state index >= 15 is 0 Å². The first-order chi connectivity index (χ1) is 8.72. The quantitative estimate of drug-likeness (QED) is 0.870. The van der Waals surface area contributed by atoms with Crippen molar-refractivity contribution in [2.45, 2.75) is 32.7 Å². The molecule has 2 unspecified atom stereocenters. The molecule has 0 radical (unpaired) electrons. The van der Waals surface area contributed by atoms with Crippen molar-refractivity contribution in [2.24, 2.45) is 11.1 Å². The first-order valence-corrected chi connectivity index (χ1v) is 5.95. The zero-order chi connectivity index (χ0) is 14.7. The second-order valence-corrected chi connectivity index (χ2v) is 4.73. The van der Waals surface area contributed by atoms with E-state index in [1.807, 2.05) is 13.8 Å². The maximum absolute atomic E-state index is 12.0. The van der Waals surface area contributed by atoms with Crippen LogP contribution in [0.15, 0.2) is 24.3 Å². The summed E-state index contributed by atoms with van der Waals surface area (Å²) in [5.41, 5.74) is 5.65. The molecule has 0 amide bonds. The van der Waals surface area contributed by atoms with Crippen LogP contribution in [0.4, 0.5) is 13.2 Å². The second-order valence-electron chi connectivity index (χ2n) is 4.73. The highest BCUT2D eigenvalue weighted by Gasteiger charge is 2.32. The third-order valence-electron chi connectivity index (χ3n) is 3.36. The number of benzene rings is 1. The molecule has 3 nitrogen and oxygen atoms in total. The lowest BCUT2D eigenvalue weighted by atomic mass is 9.78. The highest BCUT2D eigenvalue weighted by molar-refractivity contribution is 5.29. The molecule has 0 bridgehead atoms. The third-order valence-corrected chi connectivity index (χ3v) is 3.36. The molecule has 19 heavy (non-hydrogen) atoms. The van der Waals surface area contributed by atoms with Crippen LogP contribution in [-0.2, 0) is 0 Å². The summed E-state index contributed by atoms with van der Waals surface area (Å²) in [5, 5.41) is 10.2. The summed E-state index contributed by atoms with van der Waals surface area (Å²) in [4.78, 5) is 0. The molecule has 0 saturated carbocycles. The van der Waals surface area contributed by atoms with Crippen LogP contribution in [-0.4, -0.2) is 18.0 Å². The standard InChI is InChI=1S/C13H18F3NO2/c1-3-12(2,8-17)11(18)9-4-6-10(7-5-9)19-13(14,15)16/h4-7,11,18H,3,8,17H2,1-2H3. The van der Waals surface area contributed by atoms with Gasteiger partial charge in [-0.05, 0) is 24.1 Å². The van der Waals surface area contributed by atoms with Gasteiger partial charge in [-0.2, -0.15) is 0 Å². The molecule has 1 aromatic carbocycles. The summed E-state index contributed by atoms with van der Waals surface area (Å²) in [6, 6.07) is 5.18. The van der Waals surface area contributed by atoms with Crippen LogP contribution >= 0.6 is 0 Å². The predicted molar refractivity (Wildman–Crippen MR) is 65.5 cm³/mol. The number of hydrogen-bond acceptors (Lipinski definition) is 3. The molecule has 0 aliphatic carbocycles. The van der Waals surface area contributed by atoms with Gasteiger partial charge in [0.05, 0.1) is 6.10 Å². The van der Waals surface area contributed by atoms with E-state index in [4.69, 9.17) is 5.73 Å². The Kier molecular flexibility index (Phi) is 4.81. The second kappa shape index (κ2) is 5.79. The molecule has 3 N–H and O–H groups in total. The summed E-state index contributed by atoms with van der Waals surface area (Å²) in [6.45, 7) is 4.01. The molecule has 1 rings (SSSR count). The van der Waals surface area contributed by atoms with Gasteiger partial charge in [-0.3, -0.25) is 0 Å². The van der Waals surface area contributed by atoms with Crippen molar-refractivity contribution in [2.75, 3.05) is 6.54 Å². The van der Waals surface area contributed by atoms with Gasteiger partial charge < -0.3 is 15.6 Å². The van der Waals surface area contributed by atoms with Crippen LogP contribution in [0.25, 0.3) is 0 Å². The summed E-state index contributed by atoms with van der Waals surface area (Å²) < 4.78 is 39.8. The number of halogens is 3. The van der Waals surface area contributed by atoms with Crippen molar-refractivity contribution in [3.63, 3.8) is 0 Å². The van der Waals surface area contributed by atoms with E-state index in [0.29, 0.717) is 12.0 Å². The Morgan fingerprint density at radius 1 is 1.26 bits per heavy atom. The molecule has 108 valence electrons. The SMILES string of the molecule is CCC(C)(CN)C(O)c1ccc(OC(F)(F)F)cc1. The Hall–Kier alpha value is -1.27. The lowest BCUT2D eigenvalue weighted by Crippen LogP contribution is -2.33. The number of alkyl halides is 3. The molecule has 0 aromatic heterocycles. The van der Waals surface area contributed by atoms with Gasteiger partial charge >= 0.3 is 6.36 Å². The van der Waals surface area contributed by atoms with Gasteiger partial charge in [0.15, 0.2) is 0 Å². The average Bonchev–Trinajstić information content (AvgIpc) is 2.36. The van der Waals surface area contributed by atoms with Gasteiger partial charge in [0.2, 0.25) is 0 Å². The van der Waals surface area contributed by atoms with Crippen LogP contribution in [0.1, 0.15) is 31.9 Å². The minimum absolute atomic E-state index is 0.283. The summed E-state index contributed by atoms with van der Waals surface area (Å²) in [6.07, 6.45) is -4.89. The molecule has 0 spiro atoms. The van der Waals surface area contributed by atoms with Gasteiger partial charge in [-0.15, -0.1) is 13.2 Å². The number of nitrogens with two attached hydrogens (primary N) is 1. The average molecular weight is 277 g/mol. The number of aliphatic hydroxyl groups excluding tert-OH is 1. The molecule has 0 fully saturated rings. The fourth-order valence-corrected chi connectivity index (χ4v) is 1.70. The first kappa shape index (κ1) is 15.8. The van der Waals surface area contributed by atoms with Gasteiger partial charge in [0, 0.05) is 12.0 Å². The normalized spacial score (nSPS) is 16.8. The van der Waals surface area contributed by atoms with E-state index in [0.717, 1.165) is 0 Å². The highest BCUT2D eigenvalue weighted by Crippen LogP contribution is 2.36. The number of rotatable bonds is 5. The van der Waals surface area contributed by atoms with Crippen LogP contribution in [0.3, 0.4) is 0 Å². The van der Waals surface area contributed by atoms with E-state index < -0.39 is 17.9 Å². The fourth-order valence-electron chi connectivity index (χ4n) is 1.70. The zero-order valence-electron chi connectivity index (χ0n) is 10.9. The summed E-state index contributed by atoms with van der Waals surface area (Å²) >= 11 is 0. The lowest BCUT2D eigenvalue weighted by molar-refractivity contribution is -0.274. The molecule has 0 heterocycles. The van der Waals surface area contributed by atoms with Crippen molar-refractivity contribution < 1.29 is 23.0 Å². The largest absolute Gasteiger partial charge is 0.573 e. The van der Waals surface area contributed by atoms with Gasteiger partial charge in [0.25, 0.3) is 0 Å². The molecular formula is C13H18F3NO2. The lowest BCUT2D eigenvalue weighted by Gasteiger charge is -2.32. The van der Waals surface area contributed by atoms with Crippen molar-refractivity contribution >= 4 is 0 Å². The Morgan fingerprint density at radius 2 is 1.79 bits per heavy atom. The first-order valence-electron chi connectivity index (χ1n) is 5.95. The van der Waals surface area contributed by atoms with Crippen molar-refractivity contribution in [3.8, 4) is 5.75 Å². The molecule has 0 saturated heterocycles. The van der Waals surface area contributed by atoms with Crippen LogP contribution in [0, 0.1) is 5.41 Å². The van der Waals surface area contributed by atoms with Crippen molar-refractivity contribution in [1.29, 1.82) is 0 Å². The molecular weight excluding hydrogens is 259 g/mol. The smallest absolute Gasteiger partial charge is 0.406 e. The van der Waals surface area contributed by atoms with Crippen LogP contribution < -0.4 is 10.5 Å². The predicted octanol–water partition coefficient (Wildman–Crippen LogP) is 2.99. The van der Waals surface area contributed by atoms with Crippen LogP contribution in [0.5, 0.6) is 5.75 Å². The van der Waals surface area contributed by atoms with E-state index in [1.54, 1.807) is 0 Å². The zero-order valence-corrected chi connectivity index (χ0v) is 10.9. The summed E-state index contributed by atoms with van der Waals surface area (Å²) in [7, 11) is 0. The van der Waals surface area contributed by atoms with Crippen LogP contribution in [0.2, 0.25) is 0 Å². The fraction of sp³-hybridized carbons (Fsp3) is 0.538. The Balaban J connectivity index is 2.87.